The molecule has 56 valence electrons. The molecule has 0 amide bonds. The number of anilines is 1. The van der Waals surface area contributed by atoms with Crippen molar-refractivity contribution >= 4 is 5.82 Å². The van der Waals surface area contributed by atoms with Crippen molar-refractivity contribution in [1.82, 2.24) is 9.78 Å². The van der Waals surface area contributed by atoms with Crippen molar-refractivity contribution in [1.29, 1.82) is 0 Å². The molecule has 0 saturated heterocycles. The maximum absolute atomic E-state index is 5.59. The molecule has 0 unspecified atom stereocenters. The molecule has 0 aliphatic rings. The van der Waals surface area contributed by atoms with Gasteiger partial charge in [0.25, 0.3) is 0 Å². The molecule has 0 radical (unpaired) electrons. The molecule has 0 atom stereocenters. The average Bonchev–Trinajstić information content (AvgIpc) is 2.09. The van der Waals surface area contributed by atoms with Crippen LogP contribution in [0.15, 0.2) is 0 Å². The standard InChI is InChI=1S/C7H13N3/c1-4-6-5(2)7(8)9-10(6)3/h4H2,1-3H3,(H2,8,9). The molecule has 0 aromatic carbocycles. The lowest BCUT2D eigenvalue weighted by Gasteiger charge is -1.96. The molecule has 1 aromatic rings. The highest BCUT2D eigenvalue weighted by atomic mass is 15.3. The van der Waals surface area contributed by atoms with Crippen molar-refractivity contribution < 1.29 is 0 Å². The van der Waals surface area contributed by atoms with Crippen molar-refractivity contribution in [2.24, 2.45) is 7.05 Å². The van der Waals surface area contributed by atoms with Gasteiger partial charge in [-0.2, -0.15) is 5.10 Å². The van der Waals surface area contributed by atoms with Gasteiger partial charge < -0.3 is 5.73 Å². The van der Waals surface area contributed by atoms with E-state index in [-0.39, 0.29) is 0 Å². The van der Waals surface area contributed by atoms with Gasteiger partial charge in [0.15, 0.2) is 0 Å². The van der Waals surface area contributed by atoms with Crippen LogP contribution in [-0.2, 0) is 13.5 Å². The Morgan fingerprint density at radius 3 is 2.40 bits per heavy atom. The van der Waals surface area contributed by atoms with Crippen molar-refractivity contribution in [3.63, 3.8) is 0 Å². The maximum atomic E-state index is 5.59. The summed E-state index contributed by atoms with van der Waals surface area (Å²) in [4.78, 5) is 0. The summed E-state index contributed by atoms with van der Waals surface area (Å²) in [5.41, 5.74) is 7.92. The van der Waals surface area contributed by atoms with Gasteiger partial charge in [-0.1, -0.05) is 6.92 Å². The zero-order valence-electron chi connectivity index (χ0n) is 6.68. The van der Waals surface area contributed by atoms with Crippen LogP contribution in [-0.4, -0.2) is 9.78 Å². The summed E-state index contributed by atoms with van der Waals surface area (Å²) in [5.74, 6) is 0.652. The van der Waals surface area contributed by atoms with Crippen molar-refractivity contribution in [3.05, 3.63) is 11.3 Å². The minimum Gasteiger partial charge on any atom is -0.382 e. The van der Waals surface area contributed by atoms with E-state index in [4.69, 9.17) is 5.73 Å². The third kappa shape index (κ3) is 0.875. The van der Waals surface area contributed by atoms with Crippen LogP contribution in [0.1, 0.15) is 18.2 Å². The van der Waals surface area contributed by atoms with Crippen LogP contribution >= 0.6 is 0 Å². The summed E-state index contributed by atoms with van der Waals surface area (Å²) in [6, 6.07) is 0. The Balaban J connectivity index is 3.20. The van der Waals surface area contributed by atoms with E-state index in [2.05, 4.69) is 12.0 Å². The van der Waals surface area contributed by atoms with Gasteiger partial charge in [-0.15, -0.1) is 0 Å². The second-order valence-corrected chi connectivity index (χ2v) is 2.43. The van der Waals surface area contributed by atoms with Crippen molar-refractivity contribution in [3.8, 4) is 0 Å². The molecule has 0 fully saturated rings. The maximum Gasteiger partial charge on any atom is 0.148 e. The highest BCUT2D eigenvalue weighted by Crippen LogP contribution is 2.13. The lowest BCUT2D eigenvalue weighted by Crippen LogP contribution is -1.96. The molecule has 0 bridgehead atoms. The molecule has 1 heterocycles. The van der Waals surface area contributed by atoms with Gasteiger partial charge in [-0.25, -0.2) is 0 Å². The SMILES string of the molecule is CCc1c(C)c(N)nn1C. The predicted molar refractivity (Wildman–Crippen MR) is 41.7 cm³/mol. The molecule has 2 N–H and O–H groups in total. The molecule has 3 nitrogen and oxygen atoms in total. The Hall–Kier alpha value is -0.990. The summed E-state index contributed by atoms with van der Waals surface area (Å²) in [6.07, 6.45) is 0.993. The van der Waals surface area contributed by atoms with Gasteiger partial charge >= 0.3 is 0 Å². The van der Waals surface area contributed by atoms with Crippen LogP contribution in [0.25, 0.3) is 0 Å². The van der Waals surface area contributed by atoms with E-state index < -0.39 is 0 Å². The first-order chi connectivity index (χ1) is 4.66. The van der Waals surface area contributed by atoms with E-state index in [0.29, 0.717) is 5.82 Å². The summed E-state index contributed by atoms with van der Waals surface area (Å²) >= 11 is 0. The smallest absolute Gasteiger partial charge is 0.148 e. The largest absolute Gasteiger partial charge is 0.382 e. The Morgan fingerprint density at radius 2 is 2.20 bits per heavy atom. The van der Waals surface area contributed by atoms with E-state index in [1.165, 1.54) is 5.69 Å². The normalized spacial score (nSPS) is 10.3. The van der Waals surface area contributed by atoms with Gasteiger partial charge in [-0.3, -0.25) is 4.68 Å². The molecule has 10 heavy (non-hydrogen) atoms. The van der Waals surface area contributed by atoms with Gasteiger partial charge in [0.05, 0.1) is 0 Å². The number of aryl methyl sites for hydroxylation is 1. The number of nitrogens with zero attached hydrogens (tertiary/aromatic N) is 2. The zero-order chi connectivity index (χ0) is 7.72. The van der Waals surface area contributed by atoms with E-state index >= 15 is 0 Å². The second kappa shape index (κ2) is 2.33. The lowest BCUT2D eigenvalue weighted by molar-refractivity contribution is 0.719. The molecular formula is C7H13N3. The number of nitrogen functional groups attached to an aromatic ring is 1. The van der Waals surface area contributed by atoms with Crippen LogP contribution < -0.4 is 5.73 Å². The van der Waals surface area contributed by atoms with Crippen molar-refractivity contribution in [2.75, 3.05) is 5.73 Å². The first-order valence-corrected chi connectivity index (χ1v) is 3.44. The highest BCUT2D eigenvalue weighted by molar-refractivity contribution is 5.41. The van der Waals surface area contributed by atoms with Gasteiger partial charge in [0, 0.05) is 18.3 Å². The Bertz CT molecular complexity index is 237. The number of aromatic nitrogens is 2. The van der Waals surface area contributed by atoms with Gasteiger partial charge in [-0.05, 0) is 13.3 Å². The third-order valence-electron chi connectivity index (χ3n) is 1.80. The Labute approximate surface area is 60.8 Å². The lowest BCUT2D eigenvalue weighted by atomic mass is 10.2. The van der Waals surface area contributed by atoms with E-state index in [0.717, 1.165) is 12.0 Å². The topological polar surface area (TPSA) is 43.8 Å². The van der Waals surface area contributed by atoms with E-state index in [1.807, 2.05) is 18.7 Å². The number of hydrogen-bond donors (Lipinski definition) is 1. The third-order valence-corrected chi connectivity index (χ3v) is 1.80. The van der Waals surface area contributed by atoms with Gasteiger partial charge in [0.1, 0.15) is 5.82 Å². The molecule has 0 saturated carbocycles. The number of nitrogens with two attached hydrogens (primary N) is 1. The molecular weight excluding hydrogens is 126 g/mol. The first kappa shape index (κ1) is 7.12. The fourth-order valence-electron chi connectivity index (χ4n) is 1.18. The van der Waals surface area contributed by atoms with Crippen molar-refractivity contribution in [2.45, 2.75) is 20.3 Å². The zero-order valence-corrected chi connectivity index (χ0v) is 6.68. The highest BCUT2D eigenvalue weighted by Gasteiger charge is 2.05. The molecule has 0 aliphatic heterocycles. The Kier molecular flexibility index (Phi) is 1.66. The van der Waals surface area contributed by atoms with Crippen LogP contribution in [0.3, 0.4) is 0 Å². The van der Waals surface area contributed by atoms with E-state index in [9.17, 15) is 0 Å². The molecule has 0 aliphatic carbocycles. The molecule has 1 aromatic heterocycles. The molecule has 3 heteroatoms. The summed E-state index contributed by atoms with van der Waals surface area (Å²) in [5, 5.41) is 4.08. The molecule has 1 rings (SSSR count). The summed E-state index contributed by atoms with van der Waals surface area (Å²) < 4.78 is 1.84. The summed E-state index contributed by atoms with van der Waals surface area (Å²) in [6.45, 7) is 4.10. The fourth-order valence-corrected chi connectivity index (χ4v) is 1.18. The van der Waals surface area contributed by atoms with Crippen LogP contribution in [0.4, 0.5) is 5.82 Å². The predicted octanol–water partition coefficient (Wildman–Crippen LogP) is 0.873. The van der Waals surface area contributed by atoms with Crippen LogP contribution in [0, 0.1) is 6.92 Å². The monoisotopic (exact) mass is 139 g/mol. The molecule has 0 spiro atoms. The van der Waals surface area contributed by atoms with Gasteiger partial charge in [0.2, 0.25) is 0 Å². The minimum absolute atomic E-state index is 0.652. The van der Waals surface area contributed by atoms with E-state index in [1.54, 1.807) is 0 Å². The average molecular weight is 139 g/mol. The summed E-state index contributed by atoms with van der Waals surface area (Å²) in [7, 11) is 1.92. The minimum atomic E-state index is 0.652. The fraction of sp³-hybridized carbons (Fsp3) is 0.571. The van der Waals surface area contributed by atoms with Crippen LogP contribution in [0.2, 0.25) is 0 Å². The Morgan fingerprint density at radius 1 is 1.60 bits per heavy atom. The first-order valence-electron chi connectivity index (χ1n) is 3.44. The second-order valence-electron chi connectivity index (χ2n) is 2.43. The number of hydrogen-bond acceptors (Lipinski definition) is 2. The quantitative estimate of drug-likeness (QED) is 0.627. The number of rotatable bonds is 1. The van der Waals surface area contributed by atoms with Crippen LogP contribution in [0.5, 0.6) is 0 Å².